The van der Waals surface area contributed by atoms with Crippen molar-refractivity contribution in [2.24, 2.45) is 0 Å². The summed E-state index contributed by atoms with van der Waals surface area (Å²) in [5.74, 6) is 0. The molecule has 19 heavy (non-hydrogen) atoms. The van der Waals surface area contributed by atoms with E-state index >= 15 is 0 Å². The van der Waals surface area contributed by atoms with E-state index in [1.54, 1.807) is 23.1 Å². The van der Waals surface area contributed by atoms with Gasteiger partial charge in [-0.25, -0.2) is 4.98 Å². The smallest absolute Gasteiger partial charge is 0.188 e. The molecule has 0 aliphatic carbocycles. The SMILES string of the molecule is CSc1ccc(Nc2nc3ccc(Br)cc3s2)cc1. The first-order valence-corrected chi connectivity index (χ1v) is 8.55. The monoisotopic (exact) mass is 350 g/mol. The molecule has 0 saturated heterocycles. The third-order valence-corrected chi connectivity index (χ3v) is 4.86. The first-order valence-electron chi connectivity index (χ1n) is 5.72. The Labute approximate surface area is 128 Å². The largest absolute Gasteiger partial charge is 0.332 e. The molecular formula is C14H11BrN2S2. The Morgan fingerprint density at radius 2 is 1.95 bits per heavy atom. The van der Waals surface area contributed by atoms with Crippen LogP contribution < -0.4 is 5.32 Å². The van der Waals surface area contributed by atoms with E-state index in [1.165, 1.54) is 9.60 Å². The summed E-state index contributed by atoms with van der Waals surface area (Å²) in [6.45, 7) is 0. The fourth-order valence-corrected chi connectivity index (χ4v) is 3.60. The first-order chi connectivity index (χ1) is 9.24. The van der Waals surface area contributed by atoms with Crippen LogP contribution in [0.4, 0.5) is 10.8 Å². The Bertz CT molecular complexity index is 707. The lowest BCUT2D eigenvalue weighted by molar-refractivity contribution is 1.41. The zero-order valence-electron chi connectivity index (χ0n) is 10.2. The number of thioether (sulfide) groups is 1. The van der Waals surface area contributed by atoms with E-state index in [9.17, 15) is 0 Å². The molecule has 0 atom stereocenters. The van der Waals surface area contributed by atoms with Gasteiger partial charge in [0.1, 0.15) is 0 Å². The number of thiazole rings is 1. The van der Waals surface area contributed by atoms with Gasteiger partial charge in [-0.2, -0.15) is 0 Å². The zero-order valence-corrected chi connectivity index (χ0v) is 13.4. The van der Waals surface area contributed by atoms with Gasteiger partial charge < -0.3 is 5.32 Å². The molecule has 96 valence electrons. The number of benzene rings is 2. The minimum absolute atomic E-state index is 0.921. The van der Waals surface area contributed by atoms with Crippen LogP contribution in [0.1, 0.15) is 0 Å². The van der Waals surface area contributed by atoms with Gasteiger partial charge in [0.2, 0.25) is 0 Å². The van der Waals surface area contributed by atoms with Crippen molar-refractivity contribution in [3.8, 4) is 0 Å². The van der Waals surface area contributed by atoms with Crippen molar-refractivity contribution in [2.45, 2.75) is 4.90 Å². The molecule has 2 nitrogen and oxygen atoms in total. The molecule has 0 aliphatic rings. The van der Waals surface area contributed by atoms with Crippen molar-refractivity contribution in [1.29, 1.82) is 0 Å². The van der Waals surface area contributed by atoms with Gasteiger partial charge in [-0.15, -0.1) is 11.8 Å². The van der Waals surface area contributed by atoms with Crippen LogP contribution in [-0.4, -0.2) is 11.2 Å². The minimum atomic E-state index is 0.921. The van der Waals surface area contributed by atoms with Gasteiger partial charge in [0.05, 0.1) is 10.2 Å². The fraction of sp³-hybridized carbons (Fsp3) is 0.0714. The predicted molar refractivity (Wildman–Crippen MR) is 88.8 cm³/mol. The van der Waals surface area contributed by atoms with Crippen molar-refractivity contribution >= 4 is 60.1 Å². The molecule has 3 rings (SSSR count). The summed E-state index contributed by atoms with van der Waals surface area (Å²) in [5, 5.41) is 4.27. The molecule has 1 N–H and O–H groups in total. The second kappa shape index (κ2) is 5.53. The highest BCUT2D eigenvalue weighted by atomic mass is 79.9. The van der Waals surface area contributed by atoms with Crippen LogP contribution in [0.25, 0.3) is 10.2 Å². The van der Waals surface area contributed by atoms with E-state index < -0.39 is 0 Å². The van der Waals surface area contributed by atoms with Crippen molar-refractivity contribution in [3.05, 3.63) is 46.9 Å². The van der Waals surface area contributed by atoms with E-state index in [0.717, 1.165) is 20.8 Å². The number of anilines is 2. The summed E-state index contributed by atoms with van der Waals surface area (Å²) < 4.78 is 2.26. The van der Waals surface area contributed by atoms with Gasteiger partial charge in [-0.3, -0.25) is 0 Å². The van der Waals surface area contributed by atoms with Crippen molar-refractivity contribution in [2.75, 3.05) is 11.6 Å². The molecule has 1 heterocycles. The highest BCUT2D eigenvalue weighted by molar-refractivity contribution is 9.10. The molecule has 1 aromatic heterocycles. The summed E-state index contributed by atoms with van der Waals surface area (Å²) >= 11 is 6.88. The second-order valence-electron chi connectivity index (χ2n) is 3.98. The average Bonchev–Trinajstić information content (AvgIpc) is 2.81. The quantitative estimate of drug-likeness (QED) is 0.629. The molecule has 2 aromatic carbocycles. The predicted octanol–water partition coefficient (Wildman–Crippen LogP) is 5.52. The van der Waals surface area contributed by atoms with Gasteiger partial charge in [0, 0.05) is 15.1 Å². The van der Waals surface area contributed by atoms with E-state index in [-0.39, 0.29) is 0 Å². The van der Waals surface area contributed by atoms with E-state index in [1.807, 2.05) is 12.1 Å². The summed E-state index contributed by atoms with van der Waals surface area (Å²) in [4.78, 5) is 5.84. The van der Waals surface area contributed by atoms with Crippen LogP contribution in [0.5, 0.6) is 0 Å². The summed E-state index contributed by atoms with van der Waals surface area (Å²) in [5.41, 5.74) is 2.09. The van der Waals surface area contributed by atoms with Gasteiger partial charge in [-0.1, -0.05) is 27.3 Å². The van der Waals surface area contributed by atoms with Crippen molar-refractivity contribution < 1.29 is 0 Å². The molecular weight excluding hydrogens is 340 g/mol. The maximum Gasteiger partial charge on any atom is 0.188 e. The second-order valence-corrected chi connectivity index (χ2v) is 6.81. The molecule has 0 saturated carbocycles. The number of fused-ring (bicyclic) bond motifs is 1. The molecule has 0 radical (unpaired) electrons. The van der Waals surface area contributed by atoms with Crippen molar-refractivity contribution in [3.63, 3.8) is 0 Å². The summed E-state index contributed by atoms with van der Waals surface area (Å²) in [6.07, 6.45) is 2.08. The van der Waals surface area contributed by atoms with Gasteiger partial charge >= 0.3 is 0 Å². The zero-order chi connectivity index (χ0) is 13.2. The molecule has 5 heteroatoms. The molecule has 0 spiro atoms. The van der Waals surface area contributed by atoms with Crippen molar-refractivity contribution in [1.82, 2.24) is 4.98 Å². The van der Waals surface area contributed by atoms with Crippen LogP contribution in [0, 0.1) is 0 Å². The van der Waals surface area contributed by atoms with Crippen LogP contribution in [0.15, 0.2) is 51.8 Å². The Kier molecular flexibility index (Phi) is 3.77. The lowest BCUT2D eigenvalue weighted by atomic mass is 10.3. The molecule has 0 unspecified atom stereocenters. The Morgan fingerprint density at radius 1 is 1.16 bits per heavy atom. The lowest BCUT2D eigenvalue weighted by Gasteiger charge is -2.02. The summed E-state index contributed by atoms with van der Waals surface area (Å²) in [6, 6.07) is 14.5. The third kappa shape index (κ3) is 2.94. The average molecular weight is 351 g/mol. The number of aromatic nitrogens is 1. The summed E-state index contributed by atoms with van der Waals surface area (Å²) in [7, 11) is 0. The first kappa shape index (κ1) is 13.0. The topological polar surface area (TPSA) is 24.9 Å². The highest BCUT2D eigenvalue weighted by Crippen LogP contribution is 2.30. The maximum atomic E-state index is 4.57. The Balaban J connectivity index is 1.87. The molecule has 0 amide bonds. The van der Waals surface area contributed by atoms with Gasteiger partial charge in [0.25, 0.3) is 0 Å². The maximum absolute atomic E-state index is 4.57. The number of nitrogens with zero attached hydrogens (tertiary/aromatic N) is 1. The molecule has 0 bridgehead atoms. The number of hydrogen-bond acceptors (Lipinski definition) is 4. The van der Waals surface area contributed by atoms with Gasteiger partial charge in [-0.05, 0) is 48.7 Å². The minimum Gasteiger partial charge on any atom is -0.332 e. The molecule has 0 fully saturated rings. The number of rotatable bonds is 3. The highest BCUT2D eigenvalue weighted by Gasteiger charge is 2.04. The van der Waals surface area contributed by atoms with Crippen LogP contribution in [-0.2, 0) is 0 Å². The van der Waals surface area contributed by atoms with Crippen LogP contribution in [0.3, 0.4) is 0 Å². The van der Waals surface area contributed by atoms with E-state index in [2.05, 4.69) is 62.8 Å². The fourth-order valence-electron chi connectivity index (χ4n) is 1.75. The van der Waals surface area contributed by atoms with Crippen LogP contribution >= 0.6 is 39.0 Å². The van der Waals surface area contributed by atoms with E-state index in [4.69, 9.17) is 0 Å². The molecule has 3 aromatic rings. The Morgan fingerprint density at radius 3 is 2.68 bits per heavy atom. The third-order valence-electron chi connectivity index (χ3n) is 2.69. The number of nitrogens with one attached hydrogen (secondary N) is 1. The molecule has 0 aliphatic heterocycles. The lowest BCUT2D eigenvalue weighted by Crippen LogP contribution is -1.88. The normalized spacial score (nSPS) is 10.8. The Hall–Kier alpha value is -1.04. The van der Waals surface area contributed by atoms with Gasteiger partial charge in [0.15, 0.2) is 5.13 Å². The number of hydrogen-bond donors (Lipinski definition) is 1. The number of halogens is 1. The van der Waals surface area contributed by atoms with Crippen LogP contribution in [0.2, 0.25) is 0 Å². The standard InChI is InChI=1S/C14H11BrN2S2/c1-18-11-5-3-10(4-6-11)16-14-17-12-7-2-9(15)8-13(12)19-14/h2-8H,1H3,(H,16,17). The van der Waals surface area contributed by atoms with E-state index in [0.29, 0.717) is 0 Å².